The molecule has 0 saturated heterocycles. The fraction of sp³-hybridized carbons (Fsp3) is 0.250. The monoisotopic (exact) mass is 385 g/mol. The molecule has 0 fully saturated rings. The molecule has 1 heterocycles. The number of methoxy groups -OCH3 is 1. The molecule has 0 bridgehead atoms. The van der Waals surface area contributed by atoms with Gasteiger partial charge in [-0.05, 0) is 30.7 Å². The van der Waals surface area contributed by atoms with Crippen LogP contribution in [0.5, 0.6) is 11.5 Å². The topological polar surface area (TPSA) is 86.5 Å². The molecule has 0 aliphatic heterocycles. The number of nitrogens with zero attached hydrogens (tertiary/aromatic N) is 2. The molecule has 28 heavy (non-hydrogen) atoms. The smallest absolute Gasteiger partial charge is 0.261 e. The highest BCUT2D eigenvalue weighted by Crippen LogP contribution is 2.21. The van der Waals surface area contributed by atoms with Crippen molar-refractivity contribution < 1.29 is 23.2 Å². The largest absolute Gasteiger partial charge is 0.497 e. The summed E-state index contributed by atoms with van der Waals surface area (Å²) in [5.41, 5.74) is 0.731. The molecule has 0 radical (unpaired) electrons. The van der Waals surface area contributed by atoms with Gasteiger partial charge in [-0.3, -0.25) is 4.79 Å². The van der Waals surface area contributed by atoms with Gasteiger partial charge in [0.25, 0.3) is 5.91 Å². The molecule has 0 aliphatic rings. The van der Waals surface area contributed by atoms with Crippen molar-refractivity contribution in [1.29, 1.82) is 0 Å². The van der Waals surface area contributed by atoms with Crippen LogP contribution in [0.2, 0.25) is 0 Å². The van der Waals surface area contributed by atoms with Gasteiger partial charge >= 0.3 is 0 Å². The van der Waals surface area contributed by atoms with Crippen LogP contribution in [0.25, 0.3) is 11.4 Å². The first kappa shape index (κ1) is 19.3. The van der Waals surface area contributed by atoms with Crippen molar-refractivity contribution in [2.24, 2.45) is 0 Å². The van der Waals surface area contributed by atoms with E-state index in [0.717, 1.165) is 5.56 Å². The van der Waals surface area contributed by atoms with Crippen molar-refractivity contribution in [2.45, 2.75) is 26.0 Å². The minimum Gasteiger partial charge on any atom is -0.497 e. The van der Waals surface area contributed by atoms with Crippen LogP contribution in [0.3, 0.4) is 0 Å². The number of carbonyl (C=O) groups excluding carboxylic acids is 1. The SMILES string of the molecule is CC[C@@H](Oc1ccccc1F)C(=O)NCc1nc(-c2cccc(OC)c2)no1. The average molecular weight is 385 g/mol. The summed E-state index contributed by atoms with van der Waals surface area (Å²) in [5, 5.41) is 6.58. The molecule has 0 unspecified atom stereocenters. The van der Waals surface area contributed by atoms with Gasteiger partial charge in [0.1, 0.15) is 5.75 Å². The van der Waals surface area contributed by atoms with Crippen LogP contribution in [0.4, 0.5) is 4.39 Å². The molecular weight excluding hydrogens is 365 g/mol. The van der Waals surface area contributed by atoms with E-state index in [9.17, 15) is 9.18 Å². The highest BCUT2D eigenvalue weighted by molar-refractivity contribution is 5.81. The van der Waals surface area contributed by atoms with E-state index in [4.69, 9.17) is 14.0 Å². The van der Waals surface area contributed by atoms with Gasteiger partial charge in [-0.15, -0.1) is 0 Å². The first-order valence-corrected chi connectivity index (χ1v) is 8.76. The standard InChI is InChI=1S/C20H20FN3O4/c1-3-16(27-17-10-5-4-9-15(17)21)20(25)22-12-18-23-19(24-28-18)13-7-6-8-14(11-13)26-2/h4-11,16H,3,12H2,1-2H3,(H,22,25)/t16-/m1/s1. The van der Waals surface area contributed by atoms with Gasteiger partial charge in [0, 0.05) is 5.56 Å². The number of amides is 1. The Morgan fingerprint density at radius 1 is 1.25 bits per heavy atom. The van der Waals surface area contributed by atoms with Crippen LogP contribution >= 0.6 is 0 Å². The third-order valence-corrected chi connectivity index (χ3v) is 3.98. The Kier molecular flexibility index (Phi) is 6.21. The zero-order chi connectivity index (χ0) is 19.9. The van der Waals surface area contributed by atoms with E-state index >= 15 is 0 Å². The highest BCUT2D eigenvalue weighted by Gasteiger charge is 2.20. The summed E-state index contributed by atoms with van der Waals surface area (Å²) < 4.78 is 29.5. The van der Waals surface area contributed by atoms with E-state index in [1.165, 1.54) is 12.1 Å². The van der Waals surface area contributed by atoms with E-state index < -0.39 is 17.8 Å². The predicted molar refractivity (Wildman–Crippen MR) is 99.2 cm³/mol. The zero-order valence-corrected chi connectivity index (χ0v) is 15.5. The maximum atomic E-state index is 13.7. The first-order chi connectivity index (χ1) is 13.6. The minimum absolute atomic E-state index is 0.0302. The summed E-state index contributed by atoms with van der Waals surface area (Å²) in [6.45, 7) is 1.81. The van der Waals surface area contributed by atoms with Gasteiger partial charge in [0.15, 0.2) is 17.7 Å². The van der Waals surface area contributed by atoms with Crippen LogP contribution in [0, 0.1) is 5.82 Å². The van der Waals surface area contributed by atoms with Gasteiger partial charge in [0.2, 0.25) is 11.7 Å². The van der Waals surface area contributed by atoms with E-state index in [2.05, 4.69) is 15.5 Å². The molecule has 3 aromatic rings. The van der Waals surface area contributed by atoms with Gasteiger partial charge in [-0.1, -0.05) is 36.3 Å². The lowest BCUT2D eigenvalue weighted by atomic mass is 10.2. The quantitative estimate of drug-likeness (QED) is 0.640. The number of rotatable bonds is 8. The van der Waals surface area contributed by atoms with E-state index in [1.807, 2.05) is 18.2 Å². The van der Waals surface area contributed by atoms with Crippen LogP contribution in [-0.4, -0.2) is 29.3 Å². The Balaban J connectivity index is 1.61. The molecule has 146 valence electrons. The number of para-hydroxylation sites is 1. The van der Waals surface area contributed by atoms with Crippen molar-refractivity contribution in [1.82, 2.24) is 15.5 Å². The van der Waals surface area contributed by atoms with Crippen molar-refractivity contribution in [3.63, 3.8) is 0 Å². The number of carbonyl (C=O) groups is 1. The fourth-order valence-electron chi connectivity index (χ4n) is 2.50. The Hall–Kier alpha value is -3.42. The van der Waals surface area contributed by atoms with Gasteiger partial charge in [-0.25, -0.2) is 4.39 Å². The molecule has 1 atom stereocenters. The number of ether oxygens (including phenoxy) is 2. The molecule has 2 aromatic carbocycles. The Morgan fingerprint density at radius 3 is 2.82 bits per heavy atom. The van der Waals surface area contributed by atoms with E-state index in [0.29, 0.717) is 18.0 Å². The van der Waals surface area contributed by atoms with E-state index in [1.54, 1.807) is 32.2 Å². The van der Waals surface area contributed by atoms with Crippen LogP contribution < -0.4 is 14.8 Å². The van der Waals surface area contributed by atoms with E-state index in [-0.39, 0.29) is 18.2 Å². The number of hydrogen-bond acceptors (Lipinski definition) is 6. The molecule has 1 amide bonds. The molecule has 7 nitrogen and oxygen atoms in total. The second-order valence-corrected chi connectivity index (χ2v) is 5.91. The lowest BCUT2D eigenvalue weighted by Crippen LogP contribution is -2.37. The maximum Gasteiger partial charge on any atom is 0.261 e. The number of aromatic nitrogens is 2. The summed E-state index contributed by atoms with van der Waals surface area (Å²) in [7, 11) is 1.57. The van der Waals surface area contributed by atoms with Gasteiger partial charge in [0.05, 0.1) is 13.7 Å². The van der Waals surface area contributed by atoms with Crippen molar-refractivity contribution in [3.05, 3.63) is 60.2 Å². The van der Waals surface area contributed by atoms with Crippen LogP contribution in [-0.2, 0) is 11.3 Å². The third kappa shape index (κ3) is 4.64. The van der Waals surface area contributed by atoms with Crippen molar-refractivity contribution >= 4 is 5.91 Å². The molecule has 0 saturated carbocycles. The molecule has 1 aromatic heterocycles. The van der Waals surface area contributed by atoms with Crippen molar-refractivity contribution in [2.75, 3.05) is 7.11 Å². The Morgan fingerprint density at radius 2 is 2.07 bits per heavy atom. The second-order valence-electron chi connectivity index (χ2n) is 5.91. The lowest BCUT2D eigenvalue weighted by molar-refractivity contribution is -0.128. The summed E-state index contributed by atoms with van der Waals surface area (Å²) in [5.74, 6) is 0.418. The van der Waals surface area contributed by atoms with Gasteiger partial charge < -0.3 is 19.3 Å². The second kappa shape index (κ2) is 8.98. The summed E-state index contributed by atoms with van der Waals surface area (Å²) in [6, 6.07) is 13.2. The summed E-state index contributed by atoms with van der Waals surface area (Å²) in [4.78, 5) is 16.6. The Bertz CT molecular complexity index is 944. The predicted octanol–water partition coefficient (Wildman–Crippen LogP) is 3.36. The third-order valence-electron chi connectivity index (χ3n) is 3.98. The zero-order valence-electron chi connectivity index (χ0n) is 15.5. The Labute approximate surface area is 161 Å². The van der Waals surface area contributed by atoms with Crippen molar-refractivity contribution in [3.8, 4) is 22.9 Å². The molecule has 3 rings (SSSR count). The molecule has 0 aliphatic carbocycles. The first-order valence-electron chi connectivity index (χ1n) is 8.76. The number of halogens is 1. The summed E-state index contributed by atoms with van der Waals surface area (Å²) in [6.07, 6.45) is -0.461. The number of nitrogens with one attached hydrogen (secondary N) is 1. The molecular formula is C20H20FN3O4. The maximum absolute atomic E-state index is 13.7. The minimum atomic E-state index is -0.835. The van der Waals surface area contributed by atoms with Gasteiger partial charge in [-0.2, -0.15) is 4.98 Å². The average Bonchev–Trinajstić information content (AvgIpc) is 3.20. The highest BCUT2D eigenvalue weighted by atomic mass is 19.1. The fourth-order valence-corrected chi connectivity index (χ4v) is 2.50. The van der Waals surface area contributed by atoms with Crippen LogP contribution in [0.15, 0.2) is 53.1 Å². The normalized spacial score (nSPS) is 11.7. The molecule has 0 spiro atoms. The number of benzene rings is 2. The van der Waals surface area contributed by atoms with Crippen LogP contribution in [0.1, 0.15) is 19.2 Å². The lowest BCUT2D eigenvalue weighted by Gasteiger charge is -2.17. The molecule has 1 N–H and O–H groups in total. The summed E-state index contributed by atoms with van der Waals surface area (Å²) >= 11 is 0. The molecule has 8 heteroatoms. The number of hydrogen-bond donors (Lipinski definition) is 1.